The van der Waals surface area contributed by atoms with E-state index in [9.17, 15) is 4.39 Å². The van der Waals surface area contributed by atoms with Gasteiger partial charge in [0, 0.05) is 11.8 Å². The minimum Gasteiger partial charge on any atom is -0.494 e. The Morgan fingerprint density at radius 1 is 0.958 bits per heavy atom. The van der Waals surface area contributed by atoms with Gasteiger partial charge in [0.25, 0.3) is 0 Å². The predicted octanol–water partition coefficient (Wildman–Crippen LogP) is 6.19. The molecule has 1 heterocycles. The molecule has 130 valence electrons. The molecule has 0 fully saturated rings. The minimum absolute atomic E-state index is 0.259. The Morgan fingerprint density at radius 3 is 2.33 bits per heavy atom. The van der Waals surface area contributed by atoms with Crippen molar-refractivity contribution in [3.8, 4) is 17.0 Å². The molecule has 0 aliphatic carbocycles. The number of nitrogens with zero attached hydrogens (tertiary/aromatic N) is 1. The van der Waals surface area contributed by atoms with Crippen LogP contribution in [0.1, 0.15) is 57.4 Å². The number of pyridine rings is 1. The van der Waals surface area contributed by atoms with Gasteiger partial charge in [-0.2, -0.15) is 0 Å². The summed E-state index contributed by atoms with van der Waals surface area (Å²) in [6.45, 7) is 2.25. The van der Waals surface area contributed by atoms with Gasteiger partial charge in [0.2, 0.25) is 0 Å². The zero-order valence-electron chi connectivity index (χ0n) is 14.9. The van der Waals surface area contributed by atoms with E-state index in [1.807, 2.05) is 18.3 Å². The maximum Gasteiger partial charge on any atom is 0.165 e. The van der Waals surface area contributed by atoms with E-state index in [2.05, 4.69) is 18.0 Å². The number of aromatic nitrogens is 1. The van der Waals surface area contributed by atoms with Crippen molar-refractivity contribution < 1.29 is 9.13 Å². The molecule has 2 nitrogen and oxygen atoms in total. The molecule has 0 N–H and O–H groups in total. The minimum atomic E-state index is -0.357. The van der Waals surface area contributed by atoms with Gasteiger partial charge in [0.05, 0.1) is 12.8 Å². The van der Waals surface area contributed by atoms with Crippen LogP contribution < -0.4 is 4.74 Å². The first-order valence-electron chi connectivity index (χ1n) is 9.03. The van der Waals surface area contributed by atoms with Crippen molar-refractivity contribution in [1.82, 2.24) is 4.98 Å². The van der Waals surface area contributed by atoms with E-state index in [1.54, 1.807) is 6.07 Å². The molecule has 0 bridgehead atoms. The number of ether oxygens (including phenoxy) is 1. The monoisotopic (exact) mass is 329 g/mol. The Bertz CT molecular complexity index is 610. The number of methoxy groups -OCH3 is 1. The van der Waals surface area contributed by atoms with Crippen LogP contribution in [0.5, 0.6) is 5.75 Å². The number of unbranched alkanes of at least 4 members (excludes halogenated alkanes) is 6. The van der Waals surface area contributed by atoms with Crippen molar-refractivity contribution in [2.24, 2.45) is 0 Å². The van der Waals surface area contributed by atoms with Crippen LogP contribution in [-0.2, 0) is 6.42 Å². The molecule has 1 aromatic heterocycles. The normalized spacial score (nSPS) is 10.8. The summed E-state index contributed by atoms with van der Waals surface area (Å²) in [6.07, 6.45) is 12.2. The average Bonchev–Trinajstić information content (AvgIpc) is 2.61. The van der Waals surface area contributed by atoms with Gasteiger partial charge >= 0.3 is 0 Å². The summed E-state index contributed by atoms with van der Waals surface area (Å²) in [5.41, 5.74) is 2.82. The number of benzene rings is 1. The maximum atomic E-state index is 13.8. The third-order valence-electron chi connectivity index (χ3n) is 4.34. The first-order valence-corrected chi connectivity index (χ1v) is 9.03. The van der Waals surface area contributed by atoms with E-state index in [4.69, 9.17) is 4.74 Å². The highest BCUT2D eigenvalue weighted by Crippen LogP contribution is 2.24. The Morgan fingerprint density at radius 2 is 1.71 bits per heavy atom. The summed E-state index contributed by atoms with van der Waals surface area (Å²) in [7, 11) is 1.47. The fourth-order valence-corrected chi connectivity index (χ4v) is 2.86. The lowest BCUT2D eigenvalue weighted by Gasteiger charge is -2.06. The van der Waals surface area contributed by atoms with E-state index in [0.717, 1.165) is 17.7 Å². The SMILES string of the molecule is CCCCCCCCCc1ccc(-c2ccc(OC)c(F)c2)nc1. The number of rotatable bonds is 10. The average molecular weight is 329 g/mol. The molecular formula is C21H28FNO. The Labute approximate surface area is 145 Å². The lowest BCUT2D eigenvalue weighted by atomic mass is 10.0. The fourth-order valence-electron chi connectivity index (χ4n) is 2.86. The van der Waals surface area contributed by atoms with Crippen LogP contribution in [0.3, 0.4) is 0 Å². The van der Waals surface area contributed by atoms with Crippen LogP contribution in [0.25, 0.3) is 11.3 Å². The number of hydrogen-bond acceptors (Lipinski definition) is 2. The highest BCUT2D eigenvalue weighted by Gasteiger charge is 2.06. The number of halogens is 1. The van der Waals surface area contributed by atoms with Crippen molar-refractivity contribution in [2.45, 2.75) is 58.3 Å². The third kappa shape index (κ3) is 5.63. The molecule has 2 rings (SSSR count). The van der Waals surface area contributed by atoms with Gasteiger partial charge in [-0.25, -0.2) is 4.39 Å². The third-order valence-corrected chi connectivity index (χ3v) is 4.34. The molecule has 3 heteroatoms. The number of aryl methyl sites for hydroxylation is 1. The molecule has 2 aromatic rings. The Balaban J connectivity index is 1.81. The van der Waals surface area contributed by atoms with Crippen LogP contribution in [-0.4, -0.2) is 12.1 Å². The standard InChI is InChI=1S/C21H28FNO/c1-3-4-5-6-7-8-9-10-17-11-13-20(23-16-17)18-12-14-21(24-2)19(22)15-18/h11-16H,3-10H2,1-2H3. The van der Waals surface area contributed by atoms with Gasteiger partial charge in [0.15, 0.2) is 11.6 Å². The molecule has 1 aromatic carbocycles. The number of hydrogen-bond donors (Lipinski definition) is 0. The predicted molar refractivity (Wildman–Crippen MR) is 97.9 cm³/mol. The molecule has 0 saturated heterocycles. The van der Waals surface area contributed by atoms with Crippen molar-refractivity contribution in [2.75, 3.05) is 7.11 Å². The van der Waals surface area contributed by atoms with Crippen molar-refractivity contribution in [3.63, 3.8) is 0 Å². The van der Waals surface area contributed by atoms with Crippen molar-refractivity contribution in [1.29, 1.82) is 0 Å². The molecule has 0 radical (unpaired) electrons. The van der Waals surface area contributed by atoms with E-state index < -0.39 is 0 Å². The Kier molecular flexibility index (Phi) is 7.73. The summed E-state index contributed by atoms with van der Waals surface area (Å²) in [5.74, 6) is -0.0988. The molecule has 0 amide bonds. The smallest absolute Gasteiger partial charge is 0.165 e. The Hall–Kier alpha value is -1.90. The van der Waals surface area contributed by atoms with Crippen molar-refractivity contribution in [3.05, 3.63) is 47.9 Å². The molecule has 0 spiro atoms. The lowest BCUT2D eigenvalue weighted by Crippen LogP contribution is -1.92. The summed E-state index contributed by atoms with van der Waals surface area (Å²) in [6, 6.07) is 9.01. The topological polar surface area (TPSA) is 22.1 Å². The molecule has 0 saturated carbocycles. The van der Waals surface area contributed by atoms with Gasteiger partial charge in [-0.1, -0.05) is 51.5 Å². The van der Waals surface area contributed by atoms with Crippen LogP contribution in [0, 0.1) is 5.82 Å². The molecular weight excluding hydrogens is 301 g/mol. The molecule has 0 unspecified atom stereocenters. The molecule has 0 aliphatic heterocycles. The molecule has 0 aliphatic rings. The summed E-state index contributed by atoms with van der Waals surface area (Å²) in [5, 5.41) is 0. The van der Waals surface area contributed by atoms with Gasteiger partial charge in [-0.05, 0) is 42.7 Å². The zero-order chi connectivity index (χ0) is 17.2. The lowest BCUT2D eigenvalue weighted by molar-refractivity contribution is 0.386. The van der Waals surface area contributed by atoms with E-state index in [1.165, 1.54) is 63.7 Å². The summed E-state index contributed by atoms with van der Waals surface area (Å²) < 4.78 is 18.7. The summed E-state index contributed by atoms with van der Waals surface area (Å²) >= 11 is 0. The van der Waals surface area contributed by atoms with Gasteiger partial charge in [-0.3, -0.25) is 4.98 Å². The van der Waals surface area contributed by atoms with E-state index >= 15 is 0 Å². The maximum absolute atomic E-state index is 13.8. The molecule has 0 atom stereocenters. The van der Waals surface area contributed by atoms with Gasteiger partial charge < -0.3 is 4.74 Å². The largest absolute Gasteiger partial charge is 0.494 e. The first kappa shape index (κ1) is 18.4. The van der Waals surface area contributed by atoms with Crippen LogP contribution in [0.4, 0.5) is 4.39 Å². The first-order chi connectivity index (χ1) is 11.7. The second-order valence-corrected chi connectivity index (χ2v) is 6.27. The van der Waals surface area contributed by atoms with Gasteiger partial charge in [0.1, 0.15) is 0 Å². The summed E-state index contributed by atoms with van der Waals surface area (Å²) in [4.78, 5) is 4.48. The van der Waals surface area contributed by atoms with E-state index in [0.29, 0.717) is 0 Å². The van der Waals surface area contributed by atoms with E-state index in [-0.39, 0.29) is 11.6 Å². The second-order valence-electron chi connectivity index (χ2n) is 6.27. The second kappa shape index (κ2) is 10.1. The fraction of sp³-hybridized carbons (Fsp3) is 0.476. The van der Waals surface area contributed by atoms with Gasteiger partial charge in [-0.15, -0.1) is 0 Å². The quantitative estimate of drug-likeness (QED) is 0.485. The van der Waals surface area contributed by atoms with Crippen LogP contribution >= 0.6 is 0 Å². The van der Waals surface area contributed by atoms with Crippen molar-refractivity contribution >= 4 is 0 Å². The van der Waals surface area contributed by atoms with Crippen LogP contribution in [0.2, 0.25) is 0 Å². The molecule has 24 heavy (non-hydrogen) atoms. The van der Waals surface area contributed by atoms with Crippen LogP contribution in [0.15, 0.2) is 36.5 Å². The highest BCUT2D eigenvalue weighted by molar-refractivity contribution is 5.60. The zero-order valence-corrected chi connectivity index (χ0v) is 14.9. The highest BCUT2D eigenvalue weighted by atomic mass is 19.1.